The summed E-state index contributed by atoms with van der Waals surface area (Å²) in [6, 6.07) is 17.5. The summed E-state index contributed by atoms with van der Waals surface area (Å²) < 4.78 is 18.5. The van der Waals surface area contributed by atoms with Gasteiger partial charge >= 0.3 is 0 Å². The van der Waals surface area contributed by atoms with Crippen molar-refractivity contribution in [3.63, 3.8) is 0 Å². The molecule has 4 nitrogen and oxygen atoms in total. The Morgan fingerprint density at radius 1 is 1.09 bits per heavy atom. The van der Waals surface area contributed by atoms with Gasteiger partial charge in [0.05, 0.1) is 0 Å². The van der Waals surface area contributed by atoms with Crippen LogP contribution in [0.25, 0.3) is 11.5 Å². The van der Waals surface area contributed by atoms with Crippen LogP contribution in [0.3, 0.4) is 0 Å². The maximum Gasteiger partial charge on any atom is 0.232 e. The smallest absolute Gasteiger partial charge is 0.232 e. The maximum absolute atomic E-state index is 12.9. The van der Waals surface area contributed by atoms with Crippen molar-refractivity contribution in [1.82, 2.24) is 4.98 Å². The van der Waals surface area contributed by atoms with Crippen LogP contribution in [0.15, 0.2) is 59.0 Å². The van der Waals surface area contributed by atoms with E-state index in [1.165, 1.54) is 12.1 Å². The van der Waals surface area contributed by atoms with Crippen LogP contribution in [0.4, 0.5) is 10.3 Å². The van der Waals surface area contributed by atoms with Gasteiger partial charge in [0, 0.05) is 12.1 Å². The molecule has 0 amide bonds. The van der Waals surface area contributed by atoms with Crippen LogP contribution in [0.2, 0.25) is 0 Å². The molecule has 0 aliphatic rings. The summed E-state index contributed by atoms with van der Waals surface area (Å²) >= 11 is 0. The van der Waals surface area contributed by atoms with Crippen molar-refractivity contribution < 1.29 is 8.81 Å². The Morgan fingerprint density at radius 3 is 2.50 bits per heavy atom. The molecule has 3 aromatic rings. The first-order valence-electron chi connectivity index (χ1n) is 6.71. The number of hydrogen-bond acceptors (Lipinski definition) is 4. The van der Waals surface area contributed by atoms with Crippen molar-refractivity contribution in [2.24, 2.45) is 0 Å². The minimum atomic E-state index is -0.335. The zero-order chi connectivity index (χ0) is 15.4. The molecule has 0 atom stereocenters. The number of benzene rings is 2. The average molecular weight is 293 g/mol. The van der Waals surface area contributed by atoms with E-state index in [9.17, 15) is 4.39 Å². The van der Waals surface area contributed by atoms with Gasteiger partial charge in [-0.2, -0.15) is 10.2 Å². The lowest BCUT2D eigenvalue weighted by Gasteiger charge is -2.02. The molecule has 0 bridgehead atoms. The molecule has 1 N–H and O–H groups in total. The summed E-state index contributed by atoms with van der Waals surface area (Å²) in [4.78, 5) is 4.13. The Hall–Kier alpha value is -3.13. The van der Waals surface area contributed by atoms with Crippen LogP contribution in [0.5, 0.6) is 0 Å². The number of halogens is 1. The average Bonchev–Trinajstić information content (AvgIpc) is 2.98. The number of hydrogen-bond donors (Lipinski definition) is 1. The number of nitrogens with zero attached hydrogens (tertiary/aromatic N) is 2. The van der Waals surface area contributed by atoms with E-state index in [1.807, 2.05) is 36.4 Å². The van der Waals surface area contributed by atoms with E-state index >= 15 is 0 Å². The number of rotatable bonds is 4. The number of nitriles is 1. The van der Waals surface area contributed by atoms with Crippen LogP contribution in [-0.2, 0) is 6.54 Å². The van der Waals surface area contributed by atoms with Gasteiger partial charge in [0.15, 0.2) is 0 Å². The quantitative estimate of drug-likeness (QED) is 0.790. The maximum atomic E-state index is 12.9. The Kier molecular flexibility index (Phi) is 3.84. The van der Waals surface area contributed by atoms with E-state index in [-0.39, 0.29) is 17.4 Å². The van der Waals surface area contributed by atoms with E-state index in [2.05, 4.69) is 10.3 Å². The van der Waals surface area contributed by atoms with Crippen molar-refractivity contribution in [2.45, 2.75) is 6.54 Å². The third-order valence-corrected chi connectivity index (χ3v) is 3.12. The van der Waals surface area contributed by atoms with Gasteiger partial charge in [-0.05, 0) is 29.8 Å². The van der Waals surface area contributed by atoms with Crippen LogP contribution < -0.4 is 5.32 Å². The molecule has 0 aliphatic carbocycles. The highest BCUT2D eigenvalue weighted by atomic mass is 19.1. The third kappa shape index (κ3) is 2.96. The Morgan fingerprint density at radius 2 is 1.82 bits per heavy atom. The first kappa shape index (κ1) is 13.8. The second kappa shape index (κ2) is 6.10. The van der Waals surface area contributed by atoms with E-state index in [4.69, 9.17) is 9.68 Å². The molecule has 2 aromatic carbocycles. The summed E-state index contributed by atoms with van der Waals surface area (Å²) in [6.07, 6.45) is 0. The minimum absolute atomic E-state index is 0.176. The number of oxazole rings is 1. The predicted molar refractivity (Wildman–Crippen MR) is 80.4 cm³/mol. The highest BCUT2D eigenvalue weighted by Crippen LogP contribution is 2.25. The van der Waals surface area contributed by atoms with Crippen molar-refractivity contribution in [1.29, 1.82) is 5.26 Å². The molecule has 0 fully saturated rings. The molecule has 3 rings (SSSR count). The molecule has 1 aromatic heterocycles. The minimum Gasteiger partial charge on any atom is -0.419 e. The van der Waals surface area contributed by atoms with Crippen molar-refractivity contribution in [2.75, 3.05) is 5.32 Å². The van der Waals surface area contributed by atoms with E-state index in [0.717, 1.165) is 5.56 Å². The molecular weight excluding hydrogens is 281 g/mol. The normalized spacial score (nSPS) is 10.2. The molecule has 1 heterocycles. The van der Waals surface area contributed by atoms with Gasteiger partial charge in [0.2, 0.25) is 17.5 Å². The van der Waals surface area contributed by atoms with Crippen LogP contribution in [0.1, 0.15) is 11.3 Å². The van der Waals surface area contributed by atoms with E-state index < -0.39 is 0 Å². The Balaban J connectivity index is 1.83. The number of anilines is 1. The summed E-state index contributed by atoms with van der Waals surface area (Å²) in [5.41, 5.74) is 1.85. The number of nitrogens with one attached hydrogen (secondary N) is 1. The molecule has 0 saturated carbocycles. The largest absolute Gasteiger partial charge is 0.419 e. The van der Waals surface area contributed by atoms with Crippen LogP contribution in [-0.4, -0.2) is 4.98 Å². The lowest BCUT2D eigenvalue weighted by atomic mass is 10.2. The highest BCUT2D eigenvalue weighted by molar-refractivity contribution is 5.58. The van der Waals surface area contributed by atoms with Gasteiger partial charge in [-0.3, -0.25) is 0 Å². The second-order valence-corrected chi connectivity index (χ2v) is 4.65. The van der Waals surface area contributed by atoms with Gasteiger partial charge in [0.1, 0.15) is 11.9 Å². The molecule has 0 spiro atoms. The van der Waals surface area contributed by atoms with Gasteiger partial charge in [0.25, 0.3) is 0 Å². The van der Waals surface area contributed by atoms with Crippen molar-refractivity contribution >= 4 is 5.88 Å². The summed E-state index contributed by atoms with van der Waals surface area (Å²) in [5, 5.41) is 12.2. The zero-order valence-corrected chi connectivity index (χ0v) is 11.6. The summed E-state index contributed by atoms with van der Waals surface area (Å²) in [5.74, 6) is 0.260. The standard InChI is InChI=1S/C17H12FN3O/c18-14-8-6-13(7-9-14)16-21-15(10-19)17(22-16)20-11-12-4-2-1-3-5-12/h1-9,20H,11H2. The molecule has 0 unspecified atom stereocenters. The summed E-state index contributed by atoms with van der Waals surface area (Å²) in [7, 11) is 0. The molecule has 0 aliphatic heterocycles. The SMILES string of the molecule is N#Cc1nc(-c2ccc(F)cc2)oc1NCc1ccccc1. The highest BCUT2D eigenvalue weighted by Gasteiger charge is 2.14. The zero-order valence-electron chi connectivity index (χ0n) is 11.6. The molecule has 0 radical (unpaired) electrons. The van der Waals surface area contributed by atoms with Gasteiger partial charge in [-0.25, -0.2) is 4.39 Å². The Labute approximate surface area is 126 Å². The Bertz CT molecular complexity index is 804. The monoisotopic (exact) mass is 293 g/mol. The molecule has 0 saturated heterocycles. The molecule has 5 heteroatoms. The topological polar surface area (TPSA) is 61.9 Å². The fourth-order valence-electron chi connectivity index (χ4n) is 2.01. The fraction of sp³-hybridized carbons (Fsp3) is 0.0588. The first-order valence-corrected chi connectivity index (χ1v) is 6.71. The van der Waals surface area contributed by atoms with Gasteiger partial charge < -0.3 is 9.73 Å². The van der Waals surface area contributed by atoms with E-state index in [0.29, 0.717) is 18.0 Å². The number of aromatic nitrogens is 1. The van der Waals surface area contributed by atoms with Crippen LogP contribution >= 0.6 is 0 Å². The lowest BCUT2D eigenvalue weighted by molar-refractivity contribution is 0.584. The molecular formula is C17H12FN3O. The first-order chi connectivity index (χ1) is 10.8. The van der Waals surface area contributed by atoms with Crippen molar-refractivity contribution in [3.05, 3.63) is 71.7 Å². The summed E-state index contributed by atoms with van der Waals surface area (Å²) in [6.45, 7) is 0.521. The van der Waals surface area contributed by atoms with E-state index in [1.54, 1.807) is 12.1 Å². The van der Waals surface area contributed by atoms with Gasteiger partial charge in [-0.15, -0.1) is 0 Å². The second-order valence-electron chi connectivity index (χ2n) is 4.65. The molecule has 108 valence electrons. The fourth-order valence-corrected chi connectivity index (χ4v) is 2.01. The molecule has 22 heavy (non-hydrogen) atoms. The third-order valence-electron chi connectivity index (χ3n) is 3.12. The van der Waals surface area contributed by atoms with Crippen LogP contribution in [0, 0.1) is 17.1 Å². The van der Waals surface area contributed by atoms with Crippen molar-refractivity contribution in [3.8, 4) is 17.5 Å². The lowest BCUT2D eigenvalue weighted by Crippen LogP contribution is -1.99. The predicted octanol–water partition coefficient (Wildman–Crippen LogP) is 3.96. The van der Waals surface area contributed by atoms with Gasteiger partial charge in [-0.1, -0.05) is 30.3 Å².